The van der Waals surface area contributed by atoms with Crippen molar-refractivity contribution >= 4 is 19.4 Å². The zero-order valence-corrected chi connectivity index (χ0v) is 16.9. The SMILES string of the molecule is CCOC(C)Oc1ccc(PC(=O)c2c(OC)cccc2OC)cc1.[H-].[Li+]. The van der Waals surface area contributed by atoms with E-state index in [1.807, 2.05) is 38.1 Å². The maximum Gasteiger partial charge on any atom is 1.00 e. The van der Waals surface area contributed by atoms with E-state index >= 15 is 0 Å². The largest absolute Gasteiger partial charge is 1.00 e. The summed E-state index contributed by atoms with van der Waals surface area (Å²) in [6, 6.07) is 12.7. The van der Waals surface area contributed by atoms with Gasteiger partial charge in [-0.05, 0) is 52.0 Å². The molecule has 0 saturated carbocycles. The molecule has 7 heteroatoms. The fourth-order valence-corrected chi connectivity index (χ4v) is 3.31. The molecule has 0 radical (unpaired) electrons. The van der Waals surface area contributed by atoms with E-state index in [0.717, 1.165) is 5.30 Å². The first-order valence-electron chi connectivity index (χ1n) is 7.99. The van der Waals surface area contributed by atoms with Crippen molar-refractivity contribution in [1.82, 2.24) is 0 Å². The van der Waals surface area contributed by atoms with Crippen molar-refractivity contribution in [3.05, 3.63) is 48.0 Å². The summed E-state index contributed by atoms with van der Waals surface area (Å²) in [7, 11) is 3.05. The quantitative estimate of drug-likeness (QED) is 0.370. The second-order valence-corrected chi connectivity index (χ2v) is 6.44. The number of benzene rings is 2. The maximum absolute atomic E-state index is 12.7. The molecule has 5 nitrogen and oxygen atoms in total. The van der Waals surface area contributed by atoms with Gasteiger partial charge in [0.2, 0.25) is 0 Å². The van der Waals surface area contributed by atoms with E-state index in [4.69, 9.17) is 18.9 Å². The number of carbonyl (C=O) groups excluding carboxylic acids is 1. The van der Waals surface area contributed by atoms with E-state index in [1.165, 1.54) is 0 Å². The van der Waals surface area contributed by atoms with Crippen molar-refractivity contribution in [1.29, 1.82) is 0 Å². The van der Waals surface area contributed by atoms with Gasteiger partial charge >= 0.3 is 18.9 Å². The van der Waals surface area contributed by atoms with Crippen LogP contribution in [-0.4, -0.2) is 32.6 Å². The van der Waals surface area contributed by atoms with Crippen LogP contribution in [0.25, 0.3) is 0 Å². The molecule has 0 heterocycles. The molecular formula is C19H24LiO5P. The molecule has 0 aliphatic heterocycles. The Bertz CT molecular complexity index is 689. The summed E-state index contributed by atoms with van der Waals surface area (Å²) in [6.07, 6.45) is -0.308. The molecule has 2 rings (SSSR count). The average Bonchev–Trinajstić information content (AvgIpc) is 2.62. The Morgan fingerprint density at radius 3 is 2.15 bits per heavy atom. The summed E-state index contributed by atoms with van der Waals surface area (Å²) in [5, 5.41) is 0.911. The fraction of sp³-hybridized carbons (Fsp3) is 0.316. The van der Waals surface area contributed by atoms with Crippen molar-refractivity contribution in [3.63, 3.8) is 0 Å². The van der Waals surface area contributed by atoms with Gasteiger partial charge in [-0.15, -0.1) is 0 Å². The van der Waals surface area contributed by atoms with Gasteiger partial charge in [-0.2, -0.15) is 0 Å². The molecule has 0 aliphatic rings. The van der Waals surface area contributed by atoms with E-state index in [0.29, 0.717) is 29.4 Å². The third-order valence-corrected chi connectivity index (χ3v) is 4.57. The van der Waals surface area contributed by atoms with Crippen LogP contribution in [0, 0.1) is 0 Å². The van der Waals surface area contributed by atoms with Crippen LogP contribution in [0.2, 0.25) is 0 Å². The van der Waals surface area contributed by atoms with Crippen LogP contribution in [0.3, 0.4) is 0 Å². The zero-order valence-electron chi connectivity index (χ0n) is 16.9. The Morgan fingerprint density at radius 2 is 1.65 bits per heavy atom. The number of hydrogen-bond acceptors (Lipinski definition) is 5. The topological polar surface area (TPSA) is 54.0 Å². The van der Waals surface area contributed by atoms with Gasteiger partial charge in [-0.3, -0.25) is 4.79 Å². The summed E-state index contributed by atoms with van der Waals surface area (Å²) in [5.74, 6) is 1.74. The van der Waals surface area contributed by atoms with Gasteiger partial charge < -0.3 is 20.4 Å². The van der Waals surface area contributed by atoms with Gasteiger partial charge in [0.25, 0.3) is 0 Å². The first-order chi connectivity index (χ1) is 12.1. The number of ether oxygens (including phenoxy) is 4. The minimum Gasteiger partial charge on any atom is -1.00 e. The van der Waals surface area contributed by atoms with E-state index in [2.05, 4.69) is 0 Å². The van der Waals surface area contributed by atoms with Gasteiger partial charge in [0.15, 0.2) is 11.8 Å². The van der Waals surface area contributed by atoms with Crippen molar-refractivity contribution in [3.8, 4) is 17.2 Å². The summed E-state index contributed by atoms with van der Waals surface area (Å²) < 4.78 is 21.6. The minimum absolute atomic E-state index is 0. The number of rotatable bonds is 9. The summed E-state index contributed by atoms with van der Waals surface area (Å²) in [5.41, 5.74) is 0.432. The van der Waals surface area contributed by atoms with E-state index in [1.54, 1.807) is 32.4 Å². The van der Waals surface area contributed by atoms with Gasteiger partial charge in [0.05, 0.1) is 14.2 Å². The Labute approximate surface area is 169 Å². The van der Waals surface area contributed by atoms with Crippen LogP contribution in [0.5, 0.6) is 17.2 Å². The maximum atomic E-state index is 12.7. The Kier molecular flexibility index (Phi) is 9.76. The van der Waals surface area contributed by atoms with Crippen molar-refractivity contribution in [2.75, 3.05) is 20.8 Å². The Morgan fingerprint density at radius 1 is 1.08 bits per heavy atom. The third kappa shape index (κ3) is 6.04. The van der Waals surface area contributed by atoms with Crippen molar-refractivity contribution in [2.24, 2.45) is 0 Å². The second kappa shape index (κ2) is 11.3. The molecule has 136 valence electrons. The molecule has 0 amide bonds. The predicted molar refractivity (Wildman–Crippen MR) is 101 cm³/mol. The minimum atomic E-state index is -0.308. The third-order valence-electron chi connectivity index (χ3n) is 3.47. The van der Waals surface area contributed by atoms with Gasteiger partial charge in [-0.25, -0.2) is 0 Å². The van der Waals surface area contributed by atoms with Crippen LogP contribution < -0.4 is 38.4 Å². The second-order valence-electron chi connectivity index (χ2n) is 5.16. The molecule has 0 aliphatic carbocycles. The normalized spacial score (nSPS) is 11.7. The smallest absolute Gasteiger partial charge is 1.00 e. The van der Waals surface area contributed by atoms with Crippen LogP contribution in [0.15, 0.2) is 42.5 Å². The first-order valence-corrected chi connectivity index (χ1v) is 8.99. The molecule has 0 fully saturated rings. The van der Waals surface area contributed by atoms with Crippen LogP contribution in [0.4, 0.5) is 0 Å². The van der Waals surface area contributed by atoms with Gasteiger partial charge in [-0.1, -0.05) is 18.2 Å². The number of methoxy groups -OCH3 is 2. The van der Waals surface area contributed by atoms with Crippen LogP contribution in [0.1, 0.15) is 25.6 Å². The van der Waals surface area contributed by atoms with Crippen molar-refractivity contribution in [2.45, 2.75) is 20.1 Å². The molecule has 0 aromatic heterocycles. The fourth-order valence-electron chi connectivity index (χ4n) is 2.35. The average molecular weight is 370 g/mol. The molecule has 0 N–H and O–H groups in total. The standard InChI is InChI=1S/C19H23O5P.Li.H/c1-5-23-13(2)24-14-9-11-15(12-10-14)25-19(20)18-16(21-3)7-6-8-17(18)22-4;;/h6-13,25H,5H2,1-4H3;;/q;+1;-1. The van der Waals surface area contributed by atoms with Gasteiger partial charge in [0, 0.05) is 6.61 Å². The first kappa shape index (κ1) is 22.5. The molecule has 0 saturated heterocycles. The summed E-state index contributed by atoms with van der Waals surface area (Å²) in [6.45, 7) is 4.36. The van der Waals surface area contributed by atoms with Crippen molar-refractivity contribution < 1.29 is 44.0 Å². The molecular weight excluding hydrogens is 346 g/mol. The molecule has 2 atom stereocenters. The molecule has 2 aromatic carbocycles. The Balaban J connectivity index is 0.00000338. The molecule has 0 spiro atoms. The molecule has 0 bridgehead atoms. The molecule has 2 aromatic rings. The predicted octanol–water partition coefficient (Wildman–Crippen LogP) is 0.726. The zero-order chi connectivity index (χ0) is 18.2. The Hall–Kier alpha value is -1.50. The molecule has 26 heavy (non-hydrogen) atoms. The molecule has 2 unspecified atom stereocenters. The number of carbonyl (C=O) groups is 1. The monoisotopic (exact) mass is 370 g/mol. The van der Waals surface area contributed by atoms with Crippen LogP contribution in [-0.2, 0) is 4.74 Å². The summed E-state index contributed by atoms with van der Waals surface area (Å²) >= 11 is 0. The van der Waals surface area contributed by atoms with E-state index in [-0.39, 0.29) is 40.7 Å². The summed E-state index contributed by atoms with van der Waals surface area (Å²) in [4.78, 5) is 12.7. The number of hydrogen-bond donors (Lipinski definition) is 0. The van der Waals surface area contributed by atoms with E-state index < -0.39 is 0 Å². The van der Waals surface area contributed by atoms with Crippen LogP contribution >= 0.6 is 8.58 Å². The van der Waals surface area contributed by atoms with Gasteiger partial charge in [0.1, 0.15) is 22.8 Å². The van der Waals surface area contributed by atoms with E-state index in [9.17, 15) is 4.79 Å².